The van der Waals surface area contributed by atoms with Crippen LogP contribution in [0.2, 0.25) is 0 Å². The van der Waals surface area contributed by atoms with Gasteiger partial charge in [0.2, 0.25) is 10.0 Å². The quantitative estimate of drug-likeness (QED) is 0.740. The zero-order valence-corrected chi connectivity index (χ0v) is 17.0. The second-order valence-electron chi connectivity index (χ2n) is 6.88. The van der Waals surface area contributed by atoms with Crippen molar-refractivity contribution in [1.29, 1.82) is 0 Å². The van der Waals surface area contributed by atoms with E-state index in [1.165, 1.54) is 4.90 Å². The third kappa shape index (κ3) is 4.73. The molecule has 3 rings (SSSR count). The molecule has 0 spiro atoms. The molecule has 29 heavy (non-hydrogen) atoms. The van der Waals surface area contributed by atoms with Crippen molar-refractivity contribution in [2.24, 2.45) is 0 Å². The molecular formula is C20H22F2N2O4S. The van der Waals surface area contributed by atoms with Gasteiger partial charge in [0.05, 0.1) is 0 Å². The van der Waals surface area contributed by atoms with Crippen molar-refractivity contribution >= 4 is 15.9 Å². The number of carbonyl (C=O) groups is 1. The van der Waals surface area contributed by atoms with Crippen LogP contribution in [0.1, 0.15) is 12.5 Å². The second-order valence-corrected chi connectivity index (χ2v) is 8.78. The number of carbonyl (C=O) groups excluding carboxylic acids is 1. The average molecular weight is 424 g/mol. The smallest absolute Gasteiger partial charge is 0.263 e. The van der Waals surface area contributed by atoms with Crippen LogP contribution in [0.3, 0.4) is 0 Å². The van der Waals surface area contributed by atoms with Crippen LogP contribution in [0.4, 0.5) is 8.78 Å². The minimum atomic E-state index is -4.19. The molecule has 2 aromatic carbocycles. The summed E-state index contributed by atoms with van der Waals surface area (Å²) in [4.78, 5) is 13.4. The zero-order valence-electron chi connectivity index (χ0n) is 16.1. The van der Waals surface area contributed by atoms with Crippen LogP contribution < -0.4 is 4.74 Å². The highest BCUT2D eigenvalue weighted by Gasteiger charge is 2.33. The number of nitrogens with zero attached hydrogens (tertiary/aromatic N) is 2. The Morgan fingerprint density at radius 1 is 1.03 bits per heavy atom. The SMILES string of the molecule is Cc1ccc(O[C@@H](C)C(=O)N2CCN(S(=O)(=O)c3cc(F)ccc3F)CC2)cc1. The molecule has 0 radical (unpaired) electrons. The number of hydrogen-bond acceptors (Lipinski definition) is 4. The van der Waals surface area contributed by atoms with Crippen molar-refractivity contribution in [2.45, 2.75) is 24.8 Å². The van der Waals surface area contributed by atoms with E-state index in [0.29, 0.717) is 11.8 Å². The van der Waals surface area contributed by atoms with Crippen LogP contribution in [0.5, 0.6) is 5.75 Å². The Kier molecular flexibility index (Phi) is 6.18. The number of rotatable bonds is 5. The van der Waals surface area contributed by atoms with Gasteiger partial charge in [-0.05, 0) is 44.2 Å². The van der Waals surface area contributed by atoms with Crippen molar-refractivity contribution in [3.63, 3.8) is 0 Å². The van der Waals surface area contributed by atoms with E-state index in [0.717, 1.165) is 22.0 Å². The standard InChI is InChI=1S/C20H22F2N2O4S/c1-14-3-6-17(7-4-14)28-15(2)20(25)23-9-11-24(12-10-23)29(26,27)19-13-16(21)5-8-18(19)22/h3-8,13,15H,9-12H2,1-2H3/t15-/m0/s1. The number of amides is 1. The molecule has 1 aliphatic heterocycles. The zero-order chi connectivity index (χ0) is 21.2. The number of halogens is 2. The minimum Gasteiger partial charge on any atom is -0.481 e. The monoisotopic (exact) mass is 424 g/mol. The molecule has 0 saturated carbocycles. The summed E-state index contributed by atoms with van der Waals surface area (Å²) in [6.07, 6.45) is -0.735. The molecule has 0 bridgehead atoms. The lowest BCUT2D eigenvalue weighted by Crippen LogP contribution is -2.53. The van der Waals surface area contributed by atoms with Crippen molar-refractivity contribution in [2.75, 3.05) is 26.2 Å². The highest BCUT2D eigenvalue weighted by molar-refractivity contribution is 7.89. The van der Waals surface area contributed by atoms with Gasteiger partial charge in [0.15, 0.2) is 6.10 Å². The predicted octanol–water partition coefficient (Wildman–Crippen LogP) is 2.57. The molecular weight excluding hydrogens is 402 g/mol. The van der Waals surface area contributed by atoms with Crippen LogP contribution in [0, 0.1) is 18.6 Å². The first-order valence-corrected chi connectivity index (χ1v) is 10.6. The Hall–Kier alpha value is -2.52. The van der Waals surface area contributed by atoms with E-state index in [-0.39, 0.29) is 32.1 Å². The summed E-state index contributed by atoms with van der Waals surface area (Å²) >= 11 is 0. The van der Waals surface area contributed by atoms with Crippen molar-refractivity contribution < 1.29 is 26.7 Å². The summed E-state index contributed by atoms with van der Waals surface area (Å²) in [7, 11) is -4.19. The van der Waals surface area contributed by atoms with Gasteiger partial charge >= 0.3 is 0 Å². The number of hydrogen-bond donors (Lipinski definition) is 0. The number of sulfonamides is 1. The van der Waals surface area contributed by atoms with Crippen molar-refractivity contribution in [1.82, 2.24) is 9.21 Å². The Balaban J connectivity index is 1.62. The number of ether oxygens (including phenoxy) is 1. The van der Waals surface area contributed by atoms with Crippen LogP contribution in [-0.2, 0) is 14.8 Å². The summed E-state index contributed by atoms with van der Waals surface area (Å²) in [5.41, 5.74) is 1.07. The van der Waals surface area contributed by atoms with Gasteiger partial charge in [0.25, 0.3) is 5.91 Å². The lowest BCUT2D eigenvalue weighted by Gasteiger charge is -2.35. The van der Waals surface area contributed by atoms with E-state index in [9.17, 15) is 22.0 Å². The molecule has 1 aliphatic rings. The molecule has 1 saturated heterocycles. The van der Waals surface area contributed by atoms with Gasteiger partial charge in [-0.3, -0.25) is 4.79 Å². The third-order valence-corrected chi connectivity index (χ3v) is 6.66. The first-order valence-electron chi connectivity index (χ1n) is 9.16. The summed E-state index contributed by atoms with van der Waals surface area (Å²) in [6, 6.07) is 9.61. The first kappa shape index (κ1) is 21.2. The summed E-state index contributed by atoms with van der Waals surface area (Å²) in [5.74, 6) is -1.54. The second kappa shape index (κ2) is 8.46. The van der Waals surface area contributed by atoms with Gasteiger partial charge in [0, 0.05) is 26.2 Å². The van der Waals surface area contributed by atoms with Gasteiger partial charge in [-0.15, -0.1) is 0 Å². The Morgan fingerprint density at radius 3 is 2.28 bits per heavy atom. The normalized spacial score (nSPS) is 16.5. The van der Waals surface area contributed by atoms with E-state index >= 15 is 0 Å². The van der Waals surface area contributed by atoms with E-state index in [1.54, 1.807) is 19.1 Å². The maximum absolute atomic E-state index is 13.9. The average Bonchev–Trinajstić information content (AvgIpc) is 2.71. The lowest BCUT2D eigenvalue weighted by molar-refractivity contribution is -0.139. The molecule has 156 valence electrons. The van der Waals surface area contributed by atoms with Crippen LogP contribution in [-0.4, -0.2) is 55.8 Å². The largest absolute Gasteiger partial charge is 0.481 e. The summed E-state index contributed by atoms with van der Waals surface area (Å²) in [5, 5.41) is 0. The van der Waals surface area contributed by atoms with Crippen molar-refractivity contribution in [3.05, 3.63) is 59.7 Å². The fourth-order valence-electron chi connectivity index (χ4n) is 3.09. The molecule has 1 atom stereocenters. The van der Waals surface area contributed by atoms with Gasteiger partial charge in [0.1, 0.15) is 22.3 Å². The fraction of sp³-hybridized carbons (Fsp3) is 0.350. The molecule has 0 unspecified atom stereocenters. The maximum atomic E-state index is 13.9. The van der Waals surface area contributed by atoms with Crippen LogP contribution in [0.25, 0.3) is 0 Å². The maximum Gasteiger partial charge on any atom is 0.263 e. The minimum absolute atomic E-state index is 0.0126. The van der Waals surface area contributed by atoms with Gasteiger partial charge in [-0.25, -0.2) is 17.2 Å². The molecule has 0 aliphatic carbocycles. The van der Waals surface area contributed by atoms with Crippen molar-refractivity contribution in [3.8, 4) is 5.75 Å². The van der Waals surface area contributed by atoms with Gasteiger partial charge < -0.3 is 9.64 Å². The number of aryl methyl sites for hydroxylation is 1. The Labute approximate surface area is 168 Å². The first-order chi connectivity index (χ1) is 13.7. The summed E-state index contributed by atoms with van der Waals surface area (Å²) < 4.78 is 59.3. The molecule has 1 heterocycles. The fourth-order valence-corrected chi connectivity index (χ4v) is 4.59. The molecule has 0 aromatic heterocycles. The Morgan fingerprint density at radius 2 is 1.66 bits per heavy atom. The number of benzene rings is 2. The van der Waals surface area contributed by atoms with E-state index in [2.05, 4.69) is 0 Å². The topological polar surface area (TPSA) is 66.9 Å². The van der Waals surface area contributed by atoms with Gasteiger partial charge in [-0.2, -0.15) is 4.31 Å². The molecule has 9 heteroatoms. The van der Waals surface area contributed by atoms with Gasteiger partial charge in [-0.1, -0.05) is 17.7 Å². The summed E-state index contributed by atoms with van der Waals surface area (Å²) in [6.45, 7) is 3.82. The van der Waals surface area contributed by atoms with E-state index in [1.807, 2.05) is 19.1 Å². The van der Waals surface area contributed by atoms with Crippen LogP contribution in [0.15, 0.2) is 47.4 Å². The Bertz CT molecular complexity index is 988. The molecule has 0 N–H and O–H groups in total. The van der Waals surface area contributed by atoms with E-state index < -0.39 is 32.7 Å². The molecule has 6 nitrogen and oxygen atoms in total. The highest BCUT2D eigenvalue weighted by Crippen LogP contribution is 2.22. The van der Waals surface area contributed by atoms with E-state index in [4.69, 9.17) is 4.74 Å². The number of piperazine rings is 1. The molecule has 2 aromatic rings. The third-order valence-electron chi connectivity index (χ3n) is 4.74. The lowest BCUT2D eigenvalue weighted by atomic mass is 10.2. The highest BCUT2D eigenvalue weighted by atomic mass is 32.2. The molecule has 1 amide bonds. The predicted molar refractivity (Wildman–Crippen MR) is 103 cm³/mol. The molecule has 1 fully saturated rings. The van der Waals surface area contributed by atoms with Crippen LogP contribution >= 0.6 is 0 Å².